The van der Waals surface area contributed by atoms with Gasteiger partial charge >= 0.3 is 0 Å². The summed E-state index contributed by atoms with van der Waals surface area (Å²) >= 11 is 16.5. The summed E-state index contributed by atoms with van der Waals surface area (Å²) in [4.78, 5) is 16.7. The number of hydrogen-bond acceptors (Lipinski definition) is 7. The molecule has 5 nitrogen and oxygen atoms in total. The molecule has 146 valence electrons. The zero-order valence-corrected chi connectivity index (χ0v) is 18.9. The molecule has 3 heterocycles. The van der Waals surface area contributed by atoms with Crippen LogP contribution >= 0.6 is 57.6 Å². The van der Waals surface area contributed by atoms with E-state index in [-0.39, 0.29) is 10.8 Å². The SMILES string of the molecule is [C-]#[N+]c1c(Cl)nc(SCc2csc(-c3ccc(Cl)cc3)n2)c(C#N)c1-c1nccs1. The van der Waals surface area contributed by atoms with Gasteiger partial charge in [-0.15, -0.1) is 22.7 Å². The predicted octanol–water partition coefficient (Wildman–Crippen LogP) is 7.35. The molecule has 0 fully saturated rings. The average molecular weight is 486 g/mol. The molecular weight excluding hydrogens is 477 g/mol. The fourth-order valence-electron chi connectivity index (χ4n) is 2.63. The average Bonchev–Trinajstić information content (AvgIpc) is 3.44. The molecular formula is C20H9Cl2N5S3. The molecule has 0 N–H and O–H groups in total. The molecule has 0 spiro atoms. The lowest BCUT2D eigenvalue weighted by Gasteiger charge is -2.10. The highest BCUT2D eigenvalue weighted by Gasteiger charge is 2.22. The summed E-state index contributed by atoms with van der Waals surface area (Å²) in [7, 11) is 0. The molecule has 0 atom stereocenters. The second-order valence-electron chi connectivity index (χ2n) is 5.81. The minimum absolute atomic E-state index is 0.0665. The first kappa shape index (κ1) is 20.8. The molecule has 10 heteroatoms. The molecule has 0 aliphatic carbocycles. The van der Waals surface area contributed by atoms with Crippen molar-refractivity contribution in [3.63, 3.8) is 0 Å². The third-order valence-corrected chi connectivity index (χ3v) is 7.22. The summed E-state index contributed by atoms with van der Waals surface area (Å²) in [5.41, 5.74) is 2.74. The lowest BCUT2D eigenvalue weighted by atomic mass is 10.1. The number of nitriles is 1. The molecule has 0 radical (unpaired) electrons. The number of halogens is 2. The molecule has 4 rings (SSSR count). The maximum atomic E-state index is 9.78. The van der Waals surface area contributed by atoms with E-state index >= 15 is 0 Å². The van der Waals surface area contributed by atoms with Gasteiger partial charge in [0.25, 0.3) is 0 Å². The predicted molar refractivity (Wildman–Crippen MR) is 123 cm³/mol. The van der Waals surface area contributed by atoms with Gasteiger partial charge in [0.15, 0.2) is 0 Å². The van der Waals surface area contributed by atoms with Crippen LogP contribution in [-0.2, 0) is 5.75 Å². The van der Waals surface area contributed by atoms with Gasteiger partial charge in [0.05, 0.1) is 17.8 Å². The number of aromatic nitrogens is 3. The van der Waals surface area contributed by atoms with E-state index in [1.807, 2.05) is 29.6 Å². The Balaban J connectivity index is 1.64. The van der Waals surface area contributed by atoms with Crippen LogP contribution in [0.3, 0.4) is 0 Å². The molecule has 0 saturated heterocycles. The summed E-state index contributed by atoms with van der Waals surface area (Å²) in [5, 5.41) is 16.2. The Morgan fingerprint density at radius 3 is 2.60 bits per heavy atom. The van der Waals surface area contributed by atoms with Crippen molar-refractivity contribution in [2.75, 3.05) is 0 Å². The second kappa shape index (κ2) is 9.13. The van der Waals surface area contributed by atoms with Gasteiger partial charge < -0.3 is 0 Å². The van der Waals surface area contributed by atoms with Gasteiger partial charge in [-0.05, 0) is 12.1 Å². The van der Waals surface area contributed by atoms with E-state index in [4.69, 9.17) is 29.8 Å². The van der Waals surface area contributed by atoms with Crippen LogP contribution in [0.4, 0.5) is 5.69 Å². The third kappa shape index (κ3) is 4.20. The van der Waals surface area contributed by atoms with Crippen LogP contribution in [0, 0.1) is 17.9 Å². The highest BCUT2D eigenvalue weighted by atomic mass is 35.5. The number of benzene rings is 1. The molecule has 1 aromatic carbocycles. The molecule has 0 saturated carbocycles. The van der Waals surface area contributed by atoms with Crippen LogP contribution in [0.25, 0.3) is 26.0 Å². The summed E-state index contributed by atoms with van der Waals surface area (Å²) in [6.45, 7) is 7.45. The zero-order valence-electron chi connectivity index (χ0n) is 15.0. The number of rotatable bonds is 5. The van der Waals surface area contributed by atoms with Crippen molar-refractivity contribution < 1.29 is 0 Å². The first-order valence-electron chi connectivity index (χ1n) is 8.34. The number of pyridine rings is 1. The highest BCUT2D eigenvalue weighted by molar-refractivity contribution is 7.98. The van der Waals surface area contributed by atoms with E-state index in [0.717, 1.165) is 16.3 Å². The molecule has 0 unspecified atom stereocenters. The van der Waals surface area contributed by atoms with Crippen molar-refractivity contribution in [2.45, 2.75) is 10.8 Å². The Hall–Kier alpha value is -2.46. The van der Waals surface area contributed by atoms with Crippen LogP contribution in [-0.4, -0.2) is 15.0 Å². The van der Waals surface area contributed by atoms with Crippen LogP contribution in [0.2, 0.25) is 10.2 Å². The van der Waals surface area contributed by atoms with Gasteiger partial charge in [-0.1, -0.05) is 47.1 Å². The molecule has 0 bridgehead atoms. The first-order chi connectivity index (χ1) is 14.6. The third-order valence-electron chi connectivity index (χ3n) is 3.97. The Morgan fingerprint density at radius 2 is 1.93 bits per heavy atom. The van der Waals surface area contributed by atoms with E-state index in [0.29, 0.717) is 31.9 Å². The summed E-state index contributed by atoms with van der Waals surface area (Å²) < 4.78 is 0. The normalized spacial score (nSPS) is 10.5. The van der Waals surface area contributed by atoms with Gasteiger partial charge in [0.2, 0.25) is 5.69 Å². The van der Waals surface area contributed by atoms with E-state index in [9.17, 15) is 5.26 Å². The highest BCUT2D eigenvalue weighted by Crippen LogP contribution is 2.43. The van der Waals surface area contributed by atoms with Crippen molar-refractivity contribution in [1.29, 1.82) is 5.26 Å². The molecule has 0 aliphatic heterocycles. The lowest BCUT2D eigenvalue weighted by molar-refractivity contribution is 1.11. The van der Waals surface area contributed by atoms with Gasteiger partial charge in [-0.25, -0.2) is 19.8 Å². The lowest BCUT2D eigenvalue weighted by Crippen LogP contribution is -1.95. The van der Waals surface area contributed by atoms with Crippen molar-refractivity contribution in [3.8, 4) is 27.2 Å². The van der Waals surface area contributed by atoms with Gasteiger partial charge in [0.1, 0.15) is 26.3 Å². The van der Waals surface area contributed by atoms with Crippen molar-refractivity contribution in [3.05, 3.63) is 74.1 Å². The van der Waals surface area contributed by atoms with Crippen molar-refractivity contribution in [1.82, 2.24) is 15.0 Å². The molecule has 0 amide bonds. The number of hydrogen-bond donors (Lipinski definition) is 0. The van der Waals surface area contributed by atoms with Crippen LogP contribution in [0.5, 0.6) is 0 Å². The maximum absolute atomic E-state index is 9.78. The Bertz CT molecular complexity index is 1290. The van der Waals surface area contributed by atoms with E-state index in [1.54, 1.807) is 11.6 Å². The monoisotopic (exact) mass is 485 g/mol. The standard InChI is InChI=1S/C20H9Cl2N5S3/c1-24-16-15(20-25-6-7-28-20)14(8-23)19(27-17(16)22)30-10-13-9-29-18(26-13)11-2-4-12(21)5-3-11/h2-7,9H,10H2. The second-order valence-corrected chi connectivity index (χ2v) is 9.32. The smallest absolute Gasteiger partial charge is 0.235 e. The summed E-state index contributed by atoms with van der Waals surface area (Å²) in [5.74, 6) is 0.511. The maximum Gasteiger partial charge on any atom is 0.235 e. The van der Waals surface area contributed by atoms with E-state index < -0.39 is 0 Å². The summed E-state index contributed by atoms with van der Waals surface area (Å²) in [6, 6.07) is 9.69. The molecule has 0 aliphatic rings. The number of thiazole rings is 2. The zero-order chi connectivity index (χ0) is 21.1. The first-order valence-corrected chi connectivity index (χ1v) is 11.8. The van der Waals surface area contributed by atoms with Crippen LogP contribution < -0.4 is 0 Å². The number of thioether (sulfide) groups is 1. The largest absolute Gasteiger partial charge is 0.246 e. The Labute approximate surface area is 194 Å². The summed E-state index contributed by atoms with van der Waals surface area (Å²) in [6.07, 6.45) is 1.63. The molecule has 30 heavy (non-hydrogen) atoms. The topological polar surface area (TPSA) is 66.8 Å². The van der Waals surface area contributed by atoms with Crippen LogP contribution in [0.15, 0.2) is 46.2 Å². The Morgan fingerprint density at radius 1 is 1.13 bits per heavy atom. The van der Waals surface area contributed by atoms with Gasteiger partial charge in [-0.3, -0.25) is 0 Å². The number of nitrogens with zero attached hydrogens (tertiary/aromatic N) is 5. The van der Waals surface area contributed by atoms with Gasteiger partial charge in [0, 0.05) is 38.9 Å². The quantitative estimate of drug-likeness (QED) is 0.168. The fraction of sp³-hybridized carbons (Fsp3) is 0.0500. The molecule has 4 aromatic rings. The Kier molecular flexibility index (Phi) is 6.33. The molecule has 3 aromatic heterocycles. The van der Waals surface area contributed by atoms with Crippen molar-refractivity contribution >= 4 is 63.3 Å². The van der Waals surface area contributed by atoms with Gasteiger partial charge in [-0.2, -0.15) is 5.26 Å². The van der Waals surface area contributed by atoms with Crippen LogP contribution in [0.1, 0.15) is 11.3 Å². The van der Waals surface area contributed by atoms with Crippen molar-refractivity contribution in [2.24, 2.45) is 0 Å². The van der Waals surface area contributed by atoms with E-state index in [2.05, 4.69) is 25.9 Å². The minimum atomic E-state index is 0.0665. The van der Waals surface area contributed by atoms with E-state index in [1.165, 1.54) is 34.4 Å². The fourth-order valence-corrected chi connectivity index (χ4v) is 5.53. The minimum Gasteiger partial charge on any atom is -0.246 e.